The topological polar surface area (TPSA) is 52.6 Å². The molecule has 2 atom stereocenters. The van der Waals surface area contributed by atoms with Gasteiger partial charge in [0.25, 0.3) is 0 Å². The molecule has 0 amide bonds. The smallest absolute Gasteiger partial charge is 0.316 e. The molecule has 0 spiro atoms. The maximum Gasteiger partial charge on any atom is 0.316 e. The van der Waals surface area contributed by atoms with E-state index in [9.17, 15) is 9.59 Å². The van der Waals surface area contributed by atoms with Crippen LogP contribution in [-0.2, 0) is 19.1 Å². The molecule has 0 N–H and O–H groups in total. The highest BCUT2D eigenvalue weighted by molar-refractivity contribution is 5.99. The van der Waals surface area contributed by atoms with Crippen molar-refractivity contribution in [2.45, 2.75) is 66.6 Å². The minimum atomic E-state index is -1.35. The van der Waals surface area contributed by atoms with E-state index in [1.807, 2.05) is 55.4 Å². The van der Waals surface area contributed by atoms with E-state index in [2.05, 4.69) is 0 Å². The van der Waals surface area contributed by atoms with Crippen LogP contribution in [0.1, 0.15) is 55.4 Å². The molecule has 0 radical (unpaired) electrons. The van der Waals surface area contributed by atoms with Gasteiger partial charge in [-0.3, -0.25) is 9.59 Å². The van der Waals surface area contributed by atoms with Crippen molar-refractivity contribution >= 4 is 11.8 Å². The monoisotopic (exact) mass is 336 g/mol. The minimum Gasteiger partial charge on any atom is -0.465 e. The fraction of sp³-hybridized carbons (Fsp3) is 0.700. The number of hydrogen-bond donors (Lipinski definition) is 0. The van der Waals surface area contributed by atoms with Crippen LogP contribution in [0, 0.1) is 17.3 Å². The van der Waals surface area contributed by atoms with Gasteiger partial charge in [-0.25, -0.2) is 0 Å². The fourth-order valence-corrected chi connectivity index (χ4v) is 2.67. The molecule has 0 saturated heterocycles. The zero-order chi connectivity index (χ0) is 18.8. The fourth-order valence-electron chi connectivity index (χ4n) is 2.67. The zero-order valence-corrected chi connectivity index (χ0v) is 16.3. The molecule has 0 aromatic rings. The summed E-state index contributed by atoms with van der Waals surface area (Å²) < 4.78 is 11.6. The van der Waals surface area contributed by atoms with Crippen LogP contribution in [-0.4, -0.2) is 29.6 Å². The van der Waals surface area contributed by atoms with Gasteiger partial charge in [0.2, 0.25) is 0 Å². The standard InChI is InChI=1S/C20H32O4/c1-14(2)13-23-16(21)15-11-9-10-12-20(15,24-19(6,7)8)17(22)18(3,4)5/h9-12,14-15H,13H2,1-8H3. The number of ether oxygens (including phenoxy) is 2. The van der Waals surface area contributed by atoms with Crippen molar-refractivity contribution in [1.82, 2.24) is 0 Å². The molecule has 0 aliphatic heterocycles. The molecule has 0 aromatic carbocycles. The number of carbonyl (C=O) groups is 2. The number of carbonyl (C=O) groups excluding carboxylic acids is 2. The van der Waals surface area contributed by atoms with Gasteiger partial charge >= 0.3 is 5.97 Å². The summed E-state index contributed by atoms with van der Waals surface area (Å²) in [4.78, 5) is 26.0. The number of Topliss-reactive ketones (excluding diaryl/α,β-unsaturated/α-hetero) is 1. The second kappa shape index (κ2) is 7.22. The average Bonchev–Trinajstić information content (AvgIpc) is 2.41. The van der Waals surface area contributed by atoms with Gasteiger partial charge in [0, 0.05) is 5.41 Å². The Morgan fingerprint density at radius 1 is 1.08 bits per heavy atom. The molecule has 136 valence electrons. The Labute approximate surface area is 146 Å². The van der Waals surface area contributed by atoms with Crippen LogP contribution >= 0.6 is 0 Å². The van der Waals surface area contributed by atoms with Gasteiger partial charge in [-0.2, -0.15) is 0 Å². The average molecular weight is 336 g/mol. The van der Waals surface area contributed by atoms with Crippen LogP contribution in [0.2, 0.25) is 0 Å². The Balaban J connectivity index is 3.31. The van der Waals surface area contributed by atoms with Gasteiger partial charge in [-0.05, 0) is 32.8 Å². The molecule has 0 fully saturated rings. The summed E-state index contributed by atoms with van der Waals surface area (Å²) in [6, 6.07) is 0. The van der Waals surface area contributed by atoms with Gasteiger partial charge in [0.1, 0.15) is 5.92 Å². The molecule has 0 heterocycles. The Morgan fingerprint density at radius 2 is 1.67 bits per heavy atom. The summed E-state index contributed by atoms with van der Waals surface area (Å²) in [7, 11) is 0. The van der Waals surface area contributed by atoms with Crippen LogP contribution in [0.5, 0.6) is 0 Å². The summed E-state index contributed by atoms with van der Waals surface area (Å²) in [6.45, 7) is 15.4. The van der Waals surface area contributed by atoms with E-state index in [1.165, 1.54) is 0 Å². The lowest BCUT2D eigenvalue weighted by Gasteiger charge is -2.43. The number of esters is 1. The third-order valence-electron chi connectivity index (χ3n) is 3.54. The van der Waals surface area contributed by atoms with Gasteiger partial charge in [-0.1, -0.05) is 52.8 Å². The lowest BCUT2D eigenvalue weighted by molar-refractivity contribution is -0.181. The highest BCUT2D eigenvalue weighted by atomic mass is 16.5. The number of allylic oxidation sites excluding steroid dienone is 2. The largest absolute Gasteiger partial charge is 0.465 e. The molecule has 4 nitrogen and oxygen atoms in total. The van der Waals surface area contributed by atoms with E-state index < -0.39 is 28.5 Å². The molecular formula is C20H32O4. The Morgan fingerprint density at radius 3 is 2.12 bits per heavy atom. The highest BCUT2D eigenvalue weighted by Crippen LogP contribution is 2.39. The number of rotatable bonds is 5. The first-order valence-corrected chi connectivity index (χ1v) is 8.57. The van der Waals surface area contributed by atoms with Gasteiger partial charge in [0.05, 0.1) is 12.2 Å². The van der Waals surface area contributed by atoms with Crippen molar-refractivity contribution in [2.24, 2.45) is 17.3 Å². The van der Waals surface area contributed by atoms with Gasteiger partial charge < -0.3 is 9.47 Å². The molecule has 1 aliphatic carbocycles. The Kier molecular flexibility index (Phi) is 6.20. The lowest BCUT2D eigenvalue weighted by atomic mass is 9.71. The first kappa shape index (κ1) is 20.6. The molecule has 24 heavy (non-hydrogen) atoms. The molecule has 0 bridgehead atoms. The van der Waals surface area contributed by atoms with E-state index >= 15 is 0 Å². The maximum atomic E-state index is 13.3. The molecular weight excluding hydrogens is 304 g/mol. The van der Waals surface area contributed by atoms with E-state index in [-0.39, 0.29) is 11.7 Å². The third-order valence-corrected chi connectivity index (χ3v) is 3.54. The first-order chi connectivity index (χ1) is 10.8. The van der Waals surface area contributed by atoms with Crippen molar-refractivity contribution in [3.63, 3.8) is 0 Å². The van der Waals surface area contributed by atoms with E-state index in [1.54, 1.807) is 24.3 Å². The predicted molar refractivity (Wildman–Crippen MR) is 95.6 cm³/mol. The van der Waals surface area contributed by atoms with Crippen LogP contribution in [0.4, 0.5) is 0 Å². The molecule has 0 saturated carbocycles. The van der Waals surface area contributed by atoms with E-state index in [0.717, 1.165) is 0 Å². The number of hydrogen-bond acceptors (Lipinski definition) is 4. The molecule has 4 heteroatoms. The van der Waals surface area contributed by atoms with Crippen LogP contribution in [0.3, 0.4) is 0 Å². The van der Waals surface area contributed by atoms with Crippen LogP contribution in [0.15, 0.2) is 24.3 Å². The summed E-state index contributed by atoms with van der Waals surface area (Å²) in [6.07, 6.45) is 6.94. The lowest BCUT2D eigenvalue weighted by Crippen LogP contribution is -2.57. The molecule has 1 aliphatic rings. The maximum absolute atomic E-state index is 13.3. The summed E-state index contributed by atoms with van der Waals surface area (Å²) in [5.41, 5.74) is -2.59. The van der Waals surface area contributed by atoms with Crippen molar-refractivity contribution in [3.8, 4) is 0 Å². The van der Waals surface area contributed by atoms with E-state index in [4.69, 9.17) is 9.47 Å². The van der Waals surface area contributed by atoms with Crippen molar-refractivity contribution in [1.29, 1.82) is 0 Å². The first-order valence-electron chi connectivity index (χ1n) is 8.57. The number of ketones is 1. The summed E-state index contributed by atoms with van der Waals surface area (Å²) in [5, 5.41) is 0. The van der Waals surface area contributed by atoms with Gasteiger partial charge in [-0.15, -0.1) is 0 Å². The SMILES string of the molecule is CC(C)COC(=O)C1C=CC=CC1(OC(C)(C)C)C(=O)C(C)(C)C. The predicted octanol–water partition coefficient (Wildman–Crippen LogP) is 4.10. The normalized spacial score (nSPS) is 24.3. The van der Waals surface area contributed by atoms with Crippen LogP contribution in [0.25, 0.3) is 0 Å². The third kappa shape index (κ3) is 5.04. The van der Waals surface area contributed by atoms with Crippen LogP contribution < -0.4 is 0 Å². The van der Waals surface area contributed by atoms with Crippen molar-refractivity contribution < 1.29 is 19.1 Å². The van der Waals surface area contributed by atoms with Gasteiger partial charge in [0.15, 0.2) is 11.4 Å². The highest BCUT2D eigenvalue weighted by Gasteiger charge is 2.53. The Hall–Kier alpha value is -1.42. The summed E-state index contributed by atoms with van der Waals surface area (Å²) >= 11 is 0. The minimum absolute atomic E-state index is 0.128. The summed E-state index contributed by atoms with van der Waals surface area (Å²) in [5.74, 6) is -1.11. The van der Waals surface area contributed by atoms with E-state index in [0.29, 0.717) is 6.61 Å². The quantitative estimate of drug-likeness (QED) is 0.709. The van der Waals surface area contributed by atoms with Crippen molar-refractivity contribution in [2.75, 3.05) is 6.61 Å². The van der Waals surface area contributed by atoms with Crippen molar-refractivity contribution in [3.05, 3.63) is 24.3 Å². The Bertz CT molecular complexity index is 529. The zero-order valence-electron chi connectivity index (χ0n) is 16.3. The molecule has 1 rings (SSSR count). The molecule has 2 unspecified atom stereocenters. The second-order valence-electron chi connectivity index (χ2n) is 8.83. The second-order valence-corrected chi connectivity index (χ2v) is 8.83. The molecule has 0 aromatic heterocycles.